The topological polar surface area (TPSA) is 46.1 Å². The smallest absolute Gasteiger partial charge is 0.233 e. The molecule has 1 amide bonds. The minimum absolute atomic E-state index is 0.0702. The van der Waals surface area contributed by atoms with Gasteiger partial charge in [-0.25, -0.2) is 14.4 Å². The van der Waals surface area contributed by atoms with Gasteiger partial charge in [-0.05, 0) is 58.0 Å². The second-order valence-electron chi connectivity index (χ2n) is 6.01. The predicted octanol–water partition coefficient (Wildman–Crippen LogP) is 4.02. The van der Waals surface area contributed by atoms with E-state index in [0.29, 0.717) is 16.6 Å². The van der Waals surface area contributed by atoms with Crippen molar-refractivity contribution in [2.24, 2.45) is 0 Å². The third-order valence-electron chi connectivity index (χ3n) is 3.50. The van der Waals surface area contributed by atoms with Crippen LogP contribution < -0.4 is 0 Å². The molecule has 24 heavy (non-hydrogen) atoms. The Kier molecular flexibility index (Phi) is 6.31. The first-order chi connectivity index (χ1) is 11.4. The van der Waals surface area contributed by atoms with Gasteiger partial charge in [0.05, 0.1) is 11.4 Å². The zero-order valence-corrected chi connectivity index (χ0v) is 15.2. The molecule has 0 atom stereocenters. The van der Waals surface area contributed by atoms with Crippen LogP contribution in [-0.4, -0.2) is 38.6 Å². The summed E-state index contributed by atoms with van der Waals surface area (Å²) in [6.07, 6.45) is 1.65. The SMILES string of the molecule is CC(C)N(C(=O)CSc1nccc(-c2ccc(F)cc2)n1)C(C)C. The Labute approximate surface area is 146 Å². The van der Waals surface area contributed by atoms with Gasteiger partial charge in [0, 0.05) is 23.8 Å². The first-order valence-electron chi connectivity index (χ1n) is 7.91. The van der Waals surface area contributed by atoms with Gasteiger partial charge in [-0.1, -0.05) is 11.8 Å². The average Bonchev–Trinajstić information content (AvgIpc) is 2.53. The molecular weight excluding hydrogens is 325 g/mol. The molecule has 0 fully saturated rings. The molecule has 0 N–H and O–H groups in total. The van der Waals surface area contributed by atoms with Crippen molar-refractivity contribution >= 4 is 17.7 Å². The normalized spacial score (nSPS) is 11.1. The molecule has 1 aromatic heterocycles. The van der Waals surface area contributed by atoms with E-state index in [9.17, 15) is 9.18 Å². The van der Waals surface area contributed by atoms with Crippen LogP contribution in [0.2, 0.25) is 0 Å². The maximum Gasteiger partial charge on any atom is 0.233 e. The molecule has 1 heterocycles. The summed E-state index contributed by atoms with van der Waals surface area (Å²) in [6.45, 7) is 8.03. The molecule has 0 saturated carbocycles. The molecule has 4 nitrogen and oxygen atoms in total. The Morgan fingerprint density at radius 2 is 1.75 bits per heavy atom. The summed E-state index contributed by atoms with van der Waals surface area (Å²) in [5.41, 5.74) is 1.53. The van der Waals surface area contributed by atoms with E-state index in [4.69, 9.17) is 0 Å². The van der Waals surface area contributed by atoms with Gasteiger partial charge in [0.1, 0.15) is 5.82 Å². The fourth-order valence-electron chi connectivity index (χ4n) is 2.56. The second-order valence-corrected chi connectivity index (χ2v) is 6.95. The number of benzene rings is 1. The molecule has 6 heteroatoms. The molecule has 2 aromatic rings. The number of carbonyl (C=O) groups excluding carboxylic acids is 1. The number of aromatic nitrogens is 2. The van der Waals surface area contributed by atoms with Gasteiger partial charge in [0.15, 0.2) is 5.16 Å². The lowest BCUT2D eigenvalue weighted by Gasteiger charge is -2.30. The number of thioether (sulfide) groups is 1. The Hall–Kier alpha value is -1.95. The molecule has 0 spiro atoms. The van der Waals surface area contributed by atoms with E-state index in [1.54, 1.807) is 24.4 Å². The molecule has 0 bridgehead atoms. The monoisotopic (exact) mass is 347 g/mol. The molecule has 0 unspecified atom stereocenters. The van der Waals surface area contributed by atoms with Gasteiger partial charge in [-0.3, -0.25) is 4.79 Å². The molecule has 0 aliphatic carbocycles. The Morgan fingerprint density at radius 1 is 1.12 bits per heavy atom. The first kappa shape index (κ1) is 18.4. The van der Waals surface area contributed by atoms with Gasteiger partial charge >= 0.3 is 0 Å². The average molecular weight is 347 g/mol. The van der Waals surface area contributed by atoms with Crippen molar-refractivity contribution < 1.29 is 9.18 Å². The molecule has 0 saturated heterocycles. The van der Waals surface area contributed by atoms with Gasteiger partial charge in [0.25, 0.3) is 0 Å². The standard InChI is InChI=1S/C18H22FN3OS/c1-12(2)22(13(3)4)17(23)11-24-18-20-10-9-16(21-18)14-5-7-15(19)8-6-14/h5-10,12-13H,11H2,1-4H3. The Bertz CT molecular complexity index is 681. The lowest BCUT2D eigenvalue weighted by Crippen LogP contribution is -2.43. The van der Waals surface area contributed by atoms with Gasteiger partial charge in [-0.15, -0.1) is 0 Å². The van der Waals surface area contributed by atoms with E-state index >= 15 is 0 Å². The van der Waals surface area contributed by atoms with Crippen molar-refractivity contribution in [3.05, 3.63) is 42.3 Å². The third kappa shape index (κ3) is 4.77. The maximum absolute atomic E-state index is 13.0. The summed E-state index contributed by atoms with van der Waals surface area (Å²) in [5, 5.41) is 0.539. The molecule has 0 aliphatic heterocycles. The van der Waals surface area contributed by atoms with E-state index in [1.807, 2.05) is 32.6 Å². The van der Waals surface area contributed by atoms with E-state index in [-0.39, 0.29) is 23.8 Å². The molecule has 2 rings (SSSR count). The van der Waals surface area contributed by atoms with Crippen LogP contribution in [0.5, 0.6) is 0 Å². The fourth-order valence-corrected chi connectivity index (χ4v) is 3.26. The molecular formula is C18H22FN3OS. The lowest BCUT2D eigenvalue weighted by molar-refractivity contribution is -0.131. The van der Waals surface area contributed by atoms with Crippen LogP contribution in [0.15, 0.2) is 41.7 Å². The number of carbonyl (C=O) groups is 1. The lowest BCUT2D eigenvalue weighted by atomic mass is 10.1. The van der Waals surface area contributed by atoms with Crippen LogP contribution in [0.25, 0.3) is 11.3 Å². The summed E-state index contributed by atoms with van der Waals surface area (Å²) >= 11 is 1.32. The second kappa shape index (κ2) is 8.24. The summed E-state index contributed by atoms with van der Waals surface area (Å²) in [4.78, 5) is 22.9. The highest BCUT2D eigenvalue weighted by molar-refractivity contribution is 7.99. The van der Waals surface area contributed by atoms with Gasteiger partial charge in [-0.2, -0.15) is 0 Å². The van der Waals surface area contributed by atoms with Gasteiger partial charge < -0.3 is 4.90 Å². The van der Waals surface area contributed by atoms with Crippen LogP contribution in [0, 0.1) is 5.82 Å². The highest BCUT2D eigenvalue weighted by Gasteiger charge is 2.20. The van der Waals surface area contributed by atoms with E-state index in [0.717, 1.165) is 5.56 Å². The van der Waals surface area contributed by atoms with Crippen molar-refractivity contribution in [1.29, 1.82) is 0 Å². The first-order valence-corrected chi connectivity index (χ1v) is 8.90. The Morgan fingerprint density at radius 3 is 2.33 bits per heavy atom. The quantitative estimate of drug-likeness (QED) is 0.585. The predicted molar refractivity (Wildman–Crippen MR) is 95.3 cm³/mol. The molecule has 128 valence electrons. The molecule has 0 radical (unpaired) electrons. The van der Waals surface area contributed by atoms with Gasteiger partial charge in [0.2, 0.25) is 5.91 Å². The van der Waals surface area contributed by atoms with Crippen LogP contribution >= 0.6 is 11.8 Å². The number of amides is 1. The van der Waals surface area contributed by atoms with Crippen molar-refractivity contribution in [3.63, 3.8) is 0 Å². The van der Waals surface area contributed by atoms with E-state index in [1.165, 1.54) is 23.9 Å². The number of hydrogen-bond acceptors (Lipinski definition) is 4. The van der Waals surface area contributed by atoms with Crippen LogP contribution in [0.4, 0.5) is 4.39 Å². The fraction of sp³-hybridized carbons (Fsp3) is 0.389. The number of hydrogen-bond donors (Lipinski definition) is 0. The molecule has 0 aliphatic rings. The largest absolute Gasteiger partial charge is 0.337 e. The number of halogens is 1. The highest BCUT2D eigenvalue weighted by Crippen LogP contribution is 2.21. The van der Waals surface area contributed by atoms with Crippen molar-refractivity contribution in [2.75, 3.05) is 5.75 Å². The summed E-state index contributed by atoms with van der Waals surface area (Å²) in [6, 6.07) is 8.24. The summed E-state index contributed by atoms with van der Waals surface area (Å²) < 4.78 is 13.0. The molecule has 1 aromatic carbocycles. The number of nitrogens with zero attached hydrogens (tertiary/aromatic N) is 3. The van der Waals surface area contributed by atoms with Crippen molar-refractivity contribution in [1.82, 2.24) is 14.9 Å². The highest BCUT2D eigenvalue weighted by atomic mass is 32.2. The van der Waals surface area contributed by atoms with Crippen LogP contribution in [-0.2, 0) is 4.79 Å². The zero-order chi connectivity index (χ0) is 17.7. The third-order valence-corrected chi connectivity index (χ3v) is 4.35. The van der Waals surface area contributed by atoms with Crippen LogP contribution in [0.1, 0.15) is 27.7 Å². The summed E-state index contributed by atoms with van der Waals surface area (Å²) in [5.74, 6) is 0.0831. The maximum atomic E-state index is 13.0. The zero-order valence-electron chi connectivity index (χ0n) is 14.4. The minimum Gasteiger partial charge on any atom is -0.337 e. The van der Waals surface area contributed by atoms with Crippen molar-refractivity contribution in [2.45, 2.75) is 44.9 Å². The van der Waals surface area contributed by atoms with E-state index < -0.39 is 0 Å². The van der Waals surface area contributed by atoms with Crippen LogP contribution in [0.3, 0.4) is 0 Å². The summed E-state index contributed by atoms with van der Waals surface area (Å²) in [7, 11) is 0. The number of rotatable bonds is 6. The van der Waals surface area contributed by atoms with Crippen molar-refractivity contribution in [3.8, 4) is 11.3 Å². The Balaban J connectivity index is 2.07. The van der Waals surface area contributed by atoms with E-state index in [2.05, 4.69) is 9.97 Å². The minimum atomic E-state index is -0.282.